The maximum Gasteiger partial charge on any atom is 0.416 e. The normalized spacial score (nSPS) is 17.9. The lowest BCUT2D eigenvalue weighted by molar-refractivity contribution is -0.137. The summed E-state index contributed by atoms with van der Waals surface area (Å²) < 4.78 is 37.2. The van der Waals surface area contributed by atoms with Crippen molar-refractivity contribution in [1.82, 2.24) is 4.98 Å². The molecule has 3 nitrogen and oxygen atoms in total. The quantitative estimate of drug-likeness (QED) is 0.856. The molecule has 1 atom stereocenters. The Hall–Kier alpha value is -1.30. The minimum Gasteiger partial charge on any atom is -0.391 e. The van der Waals surface area contributed by atoms with Crippen LogP contribution in [0.1, 0.15) is 18.4 Å². The molecule has 2 N–H and O–H groups in total. The van der Waals surface area contributed by atoms with Gasteiger partial charge in [0.1, 0.15) is 5.82 Å². The van der Waals surface area contributed by atoms with E-state index in [0.717, 1.165) is 31.2 Å². The number of nitrogens with zero attached hydrogens (tertiary/aromatic N) is 1. The van der Waals surface area contributed by atoms with Crippen LogP contribution in [-0.4, -0.2) is 22.7 Å². The van der Waals surface area contributed by atoms with Gasteiger partial charge in [0.05, 0.1) is 11.7 Å². The largest absolute Gasteiger partial charge is 0.416 e. The van der Waals surface area contributed by atoms with E-state index in [9.17, 15) is 18.3 Å². The fourth-order valence-corrected chi connectivity index (χ4v) is 1.56. The molecule has 1 aliphatic rings. The summed E-state index contributed by atoms with van der Waals surface area (Å²) in [6.45, 7) is 0.235. The minimum atomic E-state index is -4.37. The summed E-state index contributed by atoms with van der Waals surface area (Å²) >= 11 is 0. The van der Waals surface area contributed by atoms with E-state index < -0.39 is 17.8 Å². The van der Waals surface area contributed by atoms with Gasteiger partial charge in [0, 0.05) is 12.7 Å². The number of nitrogens with one attached hydrogen (secondary N) is 1. The van der Waals surface area contributed by atoms with Crippen molar-refractivity contribution in [3.8, 4) is 0 Å². The molecule has 0 spiro atoms. The van der Waals surface area contributed by atoms with E-state index in [-0.39, 0.29) is 18.3 Å². The summed E-state index contributed by atoms with van der Waals surface area (Å²) in [6.07, 6.45) is -1.80. The number of rotatable bonds is 4. The van der Waals surface area contributed by atoms with Crippen LogP contribution in [0.2, 0.25) is 0 Å². The Bertz CT molecular complexity index is 391. The lowest BCUT2D eigenvalue weighted by Gasteiger charge is -2.12. The van der Waals surface area contributed by atoms with Crippen LogP contribution in [0.3, 0.4) is 0 Å². The minimum absolute atomic E-state index is 0.138. The molecule has 0 amide bonds. The zero-order valence-electron chi connectivity index (χ0n) is 9.04. The number of aromatic nitrogens is 1. The highest BCUT2D eigenvalue weighted by Gasteiger charge is 2.31. The first-order chi connectivity index (χ1) is 7.97. The predicted molar refractivity (Wildman–Crippen MR) is 56.5 cm³/mol. The molecule has 94 valence electrons. The standard InChI is InChI=1S/C11H13F3N2O/c12-11(13,14)8-3-4-15-10(5-8)16-6-9(17)7-1-2-7/h3-5,7,9,17H,1-2,6H2,(H,15,16). The van der Waals surface area contributed by atoms with Crippen molar-refractivity contribution in [2.75, 3.05) is 11.9 Å². The number of hydrogen-bond donors (Lipinski definition) is 2. The molecule has 1 unspecified atom stereocenters. The van der Waals surface area contributed by atoms with Gasteiger partial charge in [-0.15, -0.1) is 0 Å². The van der Waals surface area contributed by atoms with E-state index in [1.807, 2.05) is 0 Å². The van der Waals surface area contributed by atoms with Gasteiger partial charge in [0.2, 0.25) is 0 Å². The highest BCUT2D eigenvalue weighted by atomic mass is 19.4. The molecule has 0 saturated heterocycles. The molecule has 6 heteroatoms. The summed E-state index contributed by atoms with van der Waals surface area (Å²) in [5, 5.41) is 12.3. The number of pyridine rings is 1. The Labute approximate surface area is 96.7 Å². The van der Waals surface area contributed by atoms with Gasteiger partial charge in [-0.2, -0.15) is 13.2 Å². The van der Waals surface area contributed by atoms with Crippen molar-refractivity contribution in [3.63, 3.8) is 0 Å². The summed E-state index contributed by atoms with van der Waals surface area (Å²) in [6, 6.07) is 1.86. The first-order valence-corrected chi connectivity index (χ1v) is 5.42. The van der Waals surface area contributed by atoms with Gasteiger partial charge < -0.3 is 10.4 Å². The summed E-state index contributed by atoms with van der Waals surface area (Å²) in [5.41, 5.74) is -0.740. The number of aliphatic hydroxyl groups is 1. The average molecular weight is 246 g/mol. The third kappa shape index (κ3) is 3.33. The molecule has 0 aliphatic heterocycles. The highest BCUT2D eigenvalue weighted by molar-refractivity contribution is 5.38. The van der Waals surface area contributed by atoms with Gasteiger partial charge in [-0.3, -0.25) is 0 Å². The fourth-order valence-electron chi connectivity index (χ4n) is 1.56. The smallest absolute Gasteiger partial charge is 0.391 e. The highest BCUT2D eigenvalue weighted by Crippen LogP contribution is 2.33. The molecule has 1 heterocycles. The van der Waals surface area contributed by atoms with Crippen LogP contribution < -0.4 is 5.32 Å². The van der Waals surface area contributed by atoms with Gasteiger partial charge in [-0.05, 0) is 30.9 Å². The second-order valence-electron chi connectivity index (χ2n) is 4.21. The van der Waals surface area contributed by atoms with Gasteiger partial charge in [-0.25, -0.2) is 4.98 Å². The molecular formula is C11H13F3N2O. The van der Waals surface area contributed by atoms with Crippen LogP contribution >= 0.6 is 0 Å². The van der Waals surface area contributed by atoms with Crippen molar-refractivity contribution >= 4 is 5.82 Å². The van der Waals surface area contributed by atoms with Crippen molar-refractivity contribution in [3.05, 3.63) is 23.9 Å². The number of alkyl halides is 3. The van der Waals surface area contributed by atoms with E-state index in [0.29, 0.717) is 0 Å². The number of hydrogen-bond acceptors (Lipinski definition) is 3. The van der Waals surface area contributed by atoms with E-state index in [1.165, 1.54) is 0 Å². The Morgan fingerprint density at radius 2 is 2.18 bits per heavy atom. The second-order valence-corrected chi connectivity index (χ2v) is 4.21. The van der Waals surface area contributed by atoms with Crippen molar-refractivity contribution in [2.24, 2.45) is 5.92 Å². The molecule has 1 saturated carbocycles. The van der Waals surface area contributed by atoms with Crippen LogP contribution in [0.5, 0.6) is 0 Å². The van der Waals surface area contributed by atoms with Gasteiger partial charge in [0.25, 0.3) is 0 Å². The molecule has 1 aromatic rings. The Morgan fingerprint density at radius 1 is 1.47 bits per heavy atom. The van der Waals surface area contributed by atoms with Crippen LogP contribution in [-0.2, 0) is 6.18 Å². The molecule has 0 radical (unpaired) electrons. The first-order valence-electron chi connectivity index (χ1n) is 5.42. The lowest BCUT2D eigenvalue weighted by atomic mass is 10.2. The Balaban J connectivity index is 1.96. The zero-order valence-corrected chi connectivity index (χ0v) is 9.04. The molecule has 1 fully saturated rings. The van der Waals surface area contributed by atoms with Crippen LogP contribution in [0, 0.1) is 5.92 Å². The maximum absolute atomic E-state index is 12.4. The monoisotopic (exact) mass is 246 g/mol. The van der Waals surface area contributed by atoms with E-state index in [2.05, 4.69) is 10.3 Å². The fraction of sp³-hybridized carbons (Fsp3) is 0.545. The average Bonchev–Trinajstić information content (AvgIpc) is 3.09. The van der Waals surface area contributed by atoms with E-state index in [4.69, 9.17) is 0 Å². The summed E-state index contributed by atoms with van der Waals surface area (Å²) in [5.74, 6) is 0.424. The molecule has 0 aromatic carbocycles. The molecule has 17 heavy (non-hydrogen) atoms. The van der Waals surface area contributed by atoms with Gasteiger partial charge in [-0.1, -0.05) is 0 Å². The van der Waals surface area contributed by atoms with Gasteiger partial charge in [0.15, 0.2) is 0 Å². The molecule has 2 rings (SSSR count). The van der Waals surface area contributed by atoms with Crippen molar-refractivity contribution in [2.45, 2.75) is 25.1 Å². The molecule has 0 bridgehead atoms. The summed E-state index contributed by atoms with van der Waals surface area (Å²) in [7, 11) is 0. The first kappa shape index (κ1) is 12.2. The third-order valence-corrected chi connectivity index (χ3v) is 2.75. The number of anilines is 1. The third-order valence-electron chi connectivity index (χ3n) is 2.75. The predicted octanol–water partition coefficient (Wildman–Crippen LogP) is 2.28. The van der Waals surface area contributed by atoms with Crippen LogP contribution in [0.15, 0.2) is 18.3 Å². The Kier molecular flexibility index (Phi) is 3.24. The zero-order chi connectivity index (χ0) is 12.5. The van der Waals surface area contributed by atoms with Crippen LogP contribution in [0.25, 0.3) is 0 Å². The maximum atomic E-state index is 12.4. The molecule has 1 aromatic heterocycles. The SMILES string of the molecule is OC(CNc1cc(C(F)(F)F)ccn1)C1CC1. The lowest BCUT2D eigenvalue weighted by Crippen LogP contribution is -2.22. The van der Waals surface area contributed by atoms with E-state index >= 15 is 0 Å². The molecule has 1 aliphatic carbocycles. The van der Waals surface area contributed by atoms with Crippen molar-refractivity contribution < 1.29 is 18.3 Å². The number of aliphatic hydroxyl groups excluding tert-OH is 1. The van der Waals surface area contributed by atoms with Crippen LogP contribution in [0.4, 0.5) is 19.0 Å². The number of halogens is 3. The molecular weight excluding hydrogens is 233 g/mol. The van der Waals surface area contributed by atoms with Gasteiger partial charge >= 0.3 is 6.18 Å². The second kappa shape index (κ2) is 4.52. The van der Waals surface area contributed by atoms with E-state index in [1.54, 1.807) is 0 Å². The Morgan fingerprint density at radius 3 is 2.76 bits per heavy atom. The topological polar surface area (TPSA) is 45.1 Å². The summed E-state index contributed by atoms with van der Waals surface area (Å²) in [4.78, 5) is 3.78. The van der Waals surface area contributed by atoms with Crippen molar-refractivity contribution in [1.29, 1.82) is 0 Å².